The summed E-state index contributed by atoms with van der Waals surface area (Å²) >= 11 is 3.01. The van der Waals surface area contributed by atoms with E-state index in [0.717, 1.165) is 29.1 Å². The first-order valence-corrected chi connectivity index (χ1v) is 17.6. The van der Waals surface area contributed by atoms with Gasteiger partial charge in [-0.05, 0) is 15.9 Å². The van der Waals surface area contributed by atoms with E-state index in [9.17, 15) is 58.2 Å². The zero-order chi connectivity index (χ0) is 35.7. The summed E-state index contributed by atoms with van der Waals surface area (Å²) in [6.07, 6.45) is -8.48. The summed E-state index contributed by atoms with van der Waals surface area (Å²) in [5, 5.41) is 48.4. The smallest absolute Gasteiger partial charge is 0.394 e. The second-order valence-electron chi connectivity index (χ2n) is 9.31. The number of aliphatic hydroxyl groups is 5. The maximum Gasteiger partial charge on any atom is 0.490 e. The summed E-state index contributed by atoms with van der Waals surface area (Å²) in [5.41, 5.74) is -3.16. The highest BCUT2D eigenvalue weighted by Gasteiger charge is 2.54. The van der Waals surface area contributed by atoms with Crippen LogP contribution in [0, 0.1) is 0 Å². The second kappa shape index (κ2) is 14.8. The topological polar surface area (TPSA) is 389 Å². The molecule has 266 valence electrons. The van der Waals surface area contributed by atoms with Gasteiger partial charge in [-0.25, -0.2) is 23.3 Å². The Balaban J connectivity index is 0.000000284. The van der Waals surface area contributed by atoms with E-state index in [4.69, 9.17) is 29.3 Å². The van der Waals surface area contributed by atoms with E-state index < -0.39 is 107 Å². The molecule has 10 atom stereocenters. The molecule has 0 aromatic carbocycles. The van der Waals surface area contributed by atoms with Crippen LogP contribution < -0.4 is 22.5 Å². The molecule has 47 heavy (non-hydrogen) atoms. The first-order valence-electron chi connectivity index (χ1n) is 12.3. The largest absolute Gasteiger partial charge is 0.490 e. The monoisotopic (exact) mass is 806 g/mol. The van der Waals surface area contributed by atoms with Crippen LogP contribution in [0.25, 0.3) is 0 Å². The molecule has 11 N–H and O–H groups in total. The van der Waals surface area contributed by atoms with Crippen molar-refractivity contribution < 1.29 is 81.4 Å². The van der Waals surface area contributed by atoms with Crippen LogP contribution >= 0.6 is 39.4 Å². The molecule has 4 rings (SSSR count). The number of H-pyrrole nitrogens is 2. The van der Waals surface area contributed by atoms with Gasteiger partial charge < -0.3 is 54.6 Å². The Morgan fingerprint density at radius 1 is 0.830 bits per heavy atom. The van der Waals surface area contributed by atoms with Gasteiger partial charge in [0.2, 0.25) is 4.63 Å². The fourth-order valence-corrected chi connectivity index (χ4v) is 7.78. The molecule has 0 saturated carbocycles. The van der Waals surface area contributed by atoms with Crippen molar-refractivity contribution >= 4 is 39.4 Å². The van der Waals surface area contributed by atoms with Crippen LogP contribution in [0.2, 0.25) is 0 Å². The normalized spacial score (nSPS) is 31.8. The van der Waals surface area contributed by atoms with Crippen molar-refractivity contribution in [1.82, 2.24) is 19.1 Å². The first-order chi connectivity index (χ1) is 21.5. The second-order valence-corrected chi connectivity index (χ2v) is 14.9. The molecule has 2 aliphatic rings. The minimum Gasteiger partial charge on any atom is -0.394 e. The molecular formula is C18H26BrN4O21P3. The van der Waals surface area contributed by atoms with Gasteiger partial charge in [-0.2, -0.15) is 8.62 Å². The maximum atomic E-state index is 11.7. The quantitative estimate of drug-likeness (QED) is 0.0792. The molecule has 0 aliphatic carbocycles. The van der Waals surface area contributed by atoms with Crippen molar-refractivity contribution in [1.29, 1.82) is 0 Å². The minimum atomic E-state index is -5.73. The number of hydrogen-bond donors (Lipinski definition) is 11. The number of aromatic nitrogens is 4. The highest BCUT2D eigenvalue weighted by atomic mass is 79.9. The van der Waals surface area contributed by atoms with Crippen LogP contribution in [0.1, 0.15) is 6.23 Å². The number of aliphatic hydroxyl groups excluding tert-OH is 5. The van der Waals surface area contributed by atoms with E-state index in [-0.39, 0.29) is 0 Å². The summed E-state index contributed by atoms with van der Waals surface area (Å²) in [5.74, 6) is 0. The lowest BCUT2D eigenvalue weighted by atomic mass is 10.1. The van der Waals surface area contributed by atoms with E-state index in [1.807, 2.05) is 9.97 Å². The Labute approximate surface area is 266 Å². The van der Waals surface area contributed by atoms with Gasteiger partial charge in [0.1, 0.15) is 36.6 Å². The molecule has 0 radical (unpaired) electrons. The van der Waals surface area contributed by atoms with Crippen molar-refractivity contribution in [3.8, 4) is 0 Å². The van der Waals surface area contributed by atoms with Gasteiger partial charge >= 0.3 is 34.8 Å². The third-order valence-electron chi connectivity index (χ3n) is 6.00. The maximum absolute atomic E-state index is 11.7. The van der Waals surface area contributed by atoms with E-state index in [1.54, 1.807) is 0 Å². The van der Waals surface area contributed by atoms with Crippen LogP contribution in [0.4, 0.5) is 0 Å². The van der Waals surface area contributed by atoms with E-state index in [1.165, 1.54) is 0 Å². The number of nitrogens with one attached hydrogen (secondary N) is 2. The third kappa shape index (κ3) is 9.78. The fourth-order valence-electron chi connectivity index (χ4n) is 3.96. The number of nitrogens with zero attached hydrogens (tertiary/aromatic N) is 2. The number of alkyl halides is 1. The summed E-state index contributed by atoms with van der Waals surface area (Å²) in [4.78, 5) is 84.5. The number of phosphoric acid groups is 3. The molecule has 2 saturated heterocycles. The summed E-state index contributed by atoms with van der Waals surface area (Å²) in [7, 11) is -16.8. The van der Waals surface area contributed by atoms with Gasteiger partial charge in [-0.3, -0.25) is 33.2 Å². The van der Waals surface area contributed by atoms with E-state index in [0.29, 0.717) is 4.57 Å². The molecule has 2 aromatic rings. The number of halogens is 1. The summed E-state index contributed by atoms with van der Waals surface area (Å²) in [6, 6.07) is 1.99. The molecule has 0 spiro atoms. The predicted molar refractivity (Wildman–Crippen MR) is 149 cm³/mol. The average molecular weight is 807 g/mol. The summed E-state index contributed by atoms with van der Waals surface area (Å²) in [6.45, 7) is -1.57. The Hall–Kier alpha value is -2.03. The molecule has 2 aromatic heterocycles. The van der Waals surface area contributed by atoms with Crippen LogP contribution in [-0.2, 0) is 40.9 Å². The first kappa shape index (κ1) is 39.4. The fraction of sp³-hybridized carbons (Fsp3) is 0.556. The van der Waals surface area contributed by atoms with Crippen LogP contribution in [-0.4, -0.2) is 114 Å². The van der Waals surface area contributed by atoms with E-state index in [2.05, 4.69) is 29.1 Å². The number of rotatable bonds is 10. The molecule has 2 fully saturated rings. The molecule has 2 unspecified atom stereocenters. The molecule has 2 aliphatic heterocycles. The van der Waals surface area contributed by atoms with Crippen LogP contribution in [0.3, 0.4) is 0 Å². The molecular weight excluding hydrogens is 781 g/mol. The Morgan fingerprint density at radius 2 is 1.40 bits per heavy atom. The lowest BCUT2D eigenvalue weighted by molar-refractivity contribution is -0.0766. The molecule has 25 nitrogen and oxygen atoms in total. The van der Waals surface area contributed by atoms with Gasteiger partial charge in [0, 0.05) is 24.5 Å². The Bertz CT molecular complexity index is 1810. The van der Waals surface area contributed by atoms with Crippen molar-refractivity contribution in [2.45, 2.75) is 47.5 Å². The highest BCUT2D eigenvalue weighted by Crippen LogP contribution is 2.66. The van der Waals surface area contributed by atoms with Gasteiger partial charge in [-0.1, -0.05) is 0 Å². The van der Waals surface area contributed by atoms with Gasteiger partial charge in [0.15, 0.2) is 6.23 Å². The SMILES string of the molecule is O=c1ccn([C@@H]2O[C@H](COP(=O)(O)OP(=O)(O)OP(=O)(O)O)[C@@H](O)[C@H]2O)c(=O)[nH]1.O=c1ccn([C@]2(Br)O[C@H](CO)[C@@H](O)[C@H]2O)c(=O)[nH]1. The van der Waals surface area contributed by atoms with Crippen molar-refractivity contribution in [2.24, 2.45) is 0 Å². The standard InChI is InChI=1S/C9H11BrN2O6.C9H15N2O15P3/c10-9(7(16)6(15)4(3-13)18-9)12-2-1-5(14)11-8(12)17;12-5-1-2-11(9(15)10-5)8-7(14)6(13)4(24-8)3-23-28(19,20)26-29(21,22)25-27(16,17)18/h1-2,4,6-7,13,15-16H,3H2,(H,11,14,17);1-2,4,6-8,13-14H,3H2,(H,19,20)(H,21,22)(H,10,12,15)(H2,16,17,18)/t4-,6-,7-,9+;4-,6-,7-,8-/m11/s1. The average Bonchev–Trinajstić information content (AvgIpc) is 3.33. The van der Waals surface area contributed by atoms with E-state index >= 15 is 0 Å². The number of aromatic amines is 2. The lowest BCUT2D eigenvalue weighted by Gasteiger charge is -2.27. The van der Waals surface area contributed by atoms with Gasteiger partial charge in [0.05, 0.1) is 13.2 Å². The number of ether oxygens (including phenoxy) is 2. The van der Waals surface area contributed by atoms with Crippen molar-refractivity contribution in [3.05, 3.63) is 66.2 Å². The highest BCUT2D eigenvalue weighted by molar-refractivity contribution is 9.09. The third-order valence-corrected chi connectivity index (χ3v) is 10.8. The Morgan fingerprint density at radius 3 is 1.91 bits per heavy atom. The molecule has 0 bridgehead atoms. The Kier molecular flexibility index (Phi) is 12.4. The van der Waals surface area contributed by atoms with Gasteiger partial charge in [-0.15, -0.1) is 0 Å². The molecule has 0 amide bonds. The van der Waals surface area contributed by atoms with Gasteiger partial charge in [0.25, 0.3) is 11.1 Å². The number of hydrogen-bond acceptors (Lipinski definition) is 17. The number of phosphoric ester groups is 1. The van der Waals surface area contributed by atoms with Crippen LogP contribution in [0.5, 0.6) is 0 Å². The van der Waals surface area contributed by atoms with Crippen molar-refractivity contribution in [2.75, 3.05) is 13.2 Å². The minimum absolute atomic E-state index is 0.524. The lowest BCUT2D eigenvalue weighted by Crippen LogP contribution is -2.47. The molecule has 4 heterocycles. The zero-order valence-corrected chi connectivity index (χ0v) is 27.1. The van der Waals surface area contributed by atoms with Crippen LogP contribution in [0.15, 0.2) is 43.7 Å². The molecule has 29 heteroatoms. The zero-order valence-electron chi connectivity index (χ0n) is 22.8. The summed E-state index contributed by atoms with van der Waals surface area (Å²) < 4.78 is 55.0. The predicted octanol–water partition coefficient (Wildman–Crippen LogP) is -4.85. The van der Waals surface area contributed by atoms with Crippen molar-refractivity contribution in [3.63, 3.8) is 0 Å².